The topological polar surface area (TPSA) is 88.9 Å². The average Bonchev–Trinajstić information content (AvgIpc) is 3.32. The first kappa shape index (κ1) is 22.6. The number of fused-ring (bicyclic) bond motifs is 1. The van der Waals surface area contributed by atoms with Crippen LogP contribution >= 0.6 is 23.4 Å². The van der Waals surface area contributed by atoms with Crippen LogP contribution in [0.5, 0.6) is 5.75 Å². The zero-order valence-electron chi connectivity index (χ0n) is 16.9. The number of rotatable bonds is 8. The fourth-order valence-electron chi connectivity index (χ4n) is 3.23. The van der Waals surface area contributed by atoms with Crippen molar-refractivity contribution in [1.82, 2.24) is 5.32 Å². The van der Waals surface area contributed by atoms with Gasteiger partial charge in [-0.2, -0.15) is 11.8 Å². The molecule has 1 aromatic heterocycles. The first-order chi connectivity index (χ1) is 15.4. The molecule has 0 bridgehead atoms. The summed E-state index contributed by atoms with van der Waals surface area (Å²) in [5, 5.41) is 3.27. The maximum absolute atomic E-state index is 13.3. The van der Waals surface area contributed by atoms with Crippen LogP contribution in [0.2, 0.25) is 5.02 Å². The highest BCUT2D eigenvalue weighted by molar-refractivity contribution is 7.98. The number of anilines is 1. The molecule has 0 fully saturated rings. The van der Waals surface area contributed by atoms with Gasteiger partial charge in [-0.1, -0.05) is 23.7 Å². The Morgan fingerprint density at radius 1 is 1.12 bits per heavy atom. The summed E-state index contributed by atoms with van der Waals surface area (Å²) in [7, 11) is -3.91. The van der Waals surface area contributed by atoms with E-state index in [2.05, 4.69) is 5.32 Å². The fourth-order valence-corrected chi connectivity index (χ4v) is 5.59. The molecule has 2 heterocycles. The van der Waals surface area contributed by atoms with E-state index in [1.807, 2.05) is 12.1 Å². The van der Waals surface area contributed by atoms with Gasteiger partial charge in [0.1, 0.15) is 11.5 Å². The van der Waals surface area contributed by atoms with Crippen LogP contribution in [-0.2, 0) is 20.6 Å². The van der Waals surface area contributed by atoms with Crippen molar-refractivity contribution in [2.24, 2.45) is 0 Å². The quantitative estimate of drug-likeness (QED) is 0.479. The molecule has 32 heavy (non-hydrogen) atoms. The third-order valence-corrected chi connectivity index (χ3v) is 7.83. The van der Waals surface area contributed by atoms with E-state index >= 15 is 0 Å². The van der Waals surface area contributed by atoms with Gasteiger partial charge in [0.15, 0.2) is 6.10 Å². The molecule has 1 atom stereocenters. The SMILES string of the molecule is O=C(NCCSCc1ccco1)[C@@H]1CN(S(=O)(=O)c2ccc(Cl)cc2)c2ccccc2O1. The number of benzene rings is 2. The second-order valence-electron chi connectivity index (χ2n) is 6.99. The number of sulfonamides is 1. The molecule has 0 radical (unpaired) electrons. The van der Waals surface area contributed by atoms with Crippen LogP contribution in [-0.4, -0.2) is 39.3 Å². The van der Waals surface area contributed by atoms with E-state index in [4.69, 9.17) is 20.8 Å². The zero-order chi connectivity index (χ0) is 22.6. The van der Waals surface area contributed by atoms with Gasteiger partial charge in [-0.15, -0.1) is 0 Å². The van der Waals surface area contributed by atoms with Crippen LogP contribution < -0.4 is 14.4 Å². The van der Waals surface area contributed by atoms with Crippen molar-refractivity contribution < 1.29 is 22.4 Å². The molecule has 0 unspecified atom stereocenters. The largest absolute Gasteiger partial charge is 0.476 e. The van der Waals surface area contributed by atoms with Crippen molar-refractivity contribution in [1.29, 1.82) is 0 Å². The molecule has 10 heteroatoms. The minimum Gasteiger partial charge on any atom is -0.476 e. The van der Waals surface area contributed by atoms with Crippen LogP contribution in [0.4, 0.5) is 5.69 Å². The second-order valence-corrected chi connectivity index (χ2v) is 10.4. The second kappa shape index (κ2) is 9.89. The number of hydrogen-bond donors (Lipinski definition) is 1. The Balaban J connectivity index is 1.44. The Bertz CT molecular complexity index is 1170. The zero-order valence-corrected chi connectivity index (χ0v) is 19.3. The molecule has 7 nitrogen and oxygen atoms in total. The Hall–Kier alpha value is -2.62. The highest BCUT2D eigenvalue weighted by Gasteiger charge is 2.37. The van der Waals surface area contributed by atoms with Gasteiger partial charge in [0.25, 0.3) is 15.9 Å². The molecule has 4 rings (SSSR count). The van der Waals surface area contributed by atoms with Crippen molar-refractivity contribution >= 4 is 45.0 Å². The minimum atomic E-state index is -3.91. The summed E-state index contributed by atoms with van der Waals surface area (Å²) in [5.74, 6) is 2.24. The van der Waals surface area contributed by atoms with Crippen molar-refractivity contribution in [2.45, 2.75) is 16.8 Å². The van der Waals surface area contributed by atoms with Crippen LogP contribution in [0.15, 0.2) is 76.2 Å². The molecule has 1 N–H and O–H groups in total. The monoisotopic (exact) mass is 492 g/mol. The lowest BCUT2D eigenvalue weighted by Crippen LogP contribution is -2.51. The molecule has 0 saturated heterocycles. The van der Waals surface area contributed by atoms with E-state index in [-0.39, 0.29) is 17.3 Å². The number of carbonyl (C=O) groups is 1. The molecule has 1 aliphatic heterocycles. The summed E-state index contributed by atoms with van der Waals surface area (Å²) in [6.07, 6.45) is 0.654. The smallest absolute Gasteiger partial charge is 0.264 e. The maximum Gasteiger partial charge on any atom is 0.264 e. The van der Waals surface area contributed by atoms with Crippen molar-refractivity contribution in [3.8, 4) is 5.75 Å². The lowest BCUT2D eigenvalue weighted by Gasteiger charge is -2.34. The van der Waals surface area contributed by atoms with Gasteiger partial charge in [0.2, 0.25) is 0 Å². The lowest BCUT2D eigenvalue weighted by molar-refractivity contribution is -0.127. The molecular weight excluding hydrogens is 472 g/mol. The van der Waals surface area contributed by atoms with Crippen LogP contribution in [0.25, 0.3) is 0 Å². The summed E-state index contributed by atoms with van der Waals surface area (Å²) >= 11 is 7.53. The van der Waals surface area contributed by atoms with E-state index in [1.54, 1.807) is 42.3 Å². The van der Waals surface area contributed by atoms with Crippen LogP contribution in [0.3, 0.4) is 0 Å². The number of carbonyl (C=O) groups excluding carboxylic acids is 1. The van der Waals surface area contributed by atoms with Crippen molar-refractivity contribution in [2.75, 3.05) is 23.1 Å². The third-order valence-electron chi connectivity index (χ3n) is 4.80. The molecule has 0 aliphatic carbocycles. The predicted octanol–water partition coefficient (Wildman–Crippen LogP) is 3.94. The van der Waals surface area contributed by atoms with E-state index in [9.17, 15) is 13.2 Å². The first-order valence-electron chi connectivity index (χ1n) is 9.87. The average molecular weight is 493 g/mol. The van der Waals surface area contributed by atoms with E-state index in [1.165, 1.54) is 28.6 Å². The van der Waals surface area contributed by atoms with Crippen molar-refractivity contribution in [3.05, 3.63) is 77.7 Å². The van der Waals surface area contributed by atoms with Crippen LogP contribution in [0, 0.1) is 0 Å². The molecule has 3 aromatic rings. The number of thioether (sulfide) groups is 1. The predicted molar refractivity (Wildman–Crippen MR) is 125 cm³/mol. The normalized spacial score (nSPS) is 15.7. The van der Waals surface area contributed by atoms with Gasteiger partial charge in [-0.05, 0) is 48.5 Å². The molecule has 0 saturated carbocycles. The van der Waals surface area contributed by atoms with E-state index in [0.717, 1.165) is 5.76 Å². The lowest BCUT2D eigenvalue weighted by atomic mass is 10.2. The molecule has 1 amide bonds. The van der Waals surface area contributed by atoms with Gasteiger partial charge in [0, 0.05) is 17.3 Å². The summed E-state index contributed by atoms with van der Waals surface area (Å²) in [6.45, 7) is 0.295. The van der Waals surface area contributed by atoms with Gasteiger partial charge in [-0.3, -0.25) is 9.10 Å². The number of nitrogens with zero attached hydrogens (tertiary/aromatic N) is 1. The van der Waals surface area contributed by atoms with Gasteiger partial charge >= 0.3 is 0 Å². The molecule has 2 aromatic carbocycles. The molecule has 1 aliphatic rings. The Morgan fingerprint density at radius 2 is 1.91 bits per heavy atom. The van der Waals surface area contributed by atoms with Gasteiger partial charge in [-0.25, -0.2) is 8.42 Å². The summed E-state index contributed by atoms with van der Waals surface area (Å²) in [4.78, 5) is 12.8. The summed E-state index contributed by atoms with van der Waals surface area (Å²) in [5.41, 5.74) is 0.389. The Morgan fingerprint density at radius 3 is 2.66 bits per heavy atom. The number of hydrogen-bond acceptors (Lipinski definition) is 6. The number of ether oxygens (including phenoxy) is 1. The highest BCUT2D eigenvalue weighted by Crippen LogP contribution is 2.36. The third kappa shape index (κ3) is 5.06. The van der Waals surface area contributed by atoms with Crippen LogP contribution in [0.1, 0.15) is 5.76 Å². The van der Waals surface area contributed by atoms with Crippen molar-refractivity contribution in [3.63, 3.8) is 0 Å². The number of halogens is 1. The highest BCUT2D eigenvalue weighted by atomic mass is 35.5. The van der Waals surface area contributed by atoms with E-state index in [0.29, 0.717) is 34.5 Å². The number of para-hydroxylation sites is 2. The maximum atomic E-state index is 13.3. The van der Waals surface area contributed by atoms with E-state index < -0.39 is 16.1 Å². The standard InChI is InChI=1S/C22H21ClN2O5S2/c23-16-7-9-18(10-8-16)32(27,28)25-14-21(30-20-6-2-1-5-19(20)25)22(26)24-11-13-31-15-17-4-3-12-29-17/h1-10,12,21H,11,13-15H2,(H,24,26)/t21-/m0/s1. The molecule has 0 spiro atoms. The number of furan rings is 1. The number of nitrogens with one attached hydrogen (secondary N) is 1. The molecule has 168 valence electrons. The van der Waals surface area contributed by atoms with Gasteiger partial charge < -0.3 is 14.5 Å². The Kier molecular flexibility index (Phi) is 6.98. The molecular formula is C22H21ClN2O5S2. The number of amides is 1. The first-order valence-corrected chi connectivity index (χ1v) is 12.8. The summed E-state index contributed by atoms with van der Waals surface area (Å²) < 4.78 is 39.0. The minimum absolute atomic E-state index is 0.0899. The fraction of sp³-hybridized carbons (Fsp3) is 0.227. The summed E-state index contributed by atoms with van der Waals surface area (Å²) in [6, 6.07) is 16.4. The van der Waals surface area contributed by atoms with Gasteiger partial charge in [0.05, 0.1) is 29.1 Å². The Labute approximate surface area is 195 Å².